The molecular weight excluding hydrogens is 376 g/mol. The Morgan fingerprint density at radius 2 is 1.62 bits per heavy atom. The Hall–Kier alpha value is -1.45. The van der Waals surface area contributed by atoms with Gasteiger partial charge >= 0.3 is 0 Å². The molecule has 0 aliphatic heterocycles. The van der Waals surface area contributed by atoms with Crippen LogP contribution in [-0.4, -0.2) is 13.9 Å². The maximum Gasteiger partial charge on any atom is 0.167 e. The van der Waals surface area contributed by atoms with Gasteiger partial charge in [-0.3, -0.25) is 4.79 Å². The molecule has 24 heavy (non-hydrogen) atoms. The second kappa shape index (κ2) is 6.81. The molecule has 0 spiro atoms. The molecule has 0 heterocycles. The van der Waals surface area contributed by atoms with Crippen LogP contribution in [0.2, 0.25) is 19.6 Å². The van der Waals surface area contributed by atoms with Crippen LogP contribution in [0.1, 0.15) is 21.8 Å². The minimum absolute atomic E-state index is 0.0705. The largest absolute Gasteiger partial charge is 0.294 e. The van der Waals surface area contributed by atoms with Gasteiger partial charge in [-0.2, -0.15) is 0 Å². The Morgan fingerprint density at radius 3 is 2.21 bits per heavy atom. The fourth-order valence-electron chi connectivity index (χ4n) is 3.22. The zero-order valence-electron chi connectivity index (χ0n) is 14.4. The third-order valence-corrected chi connectivity index (χ3v) is 6.23. The lowest BCUT2D eigenvalue weighted by Crippen LogP contribution is -2.15. The summed E-state index contributed by atoms with van der Waals surface area (Å²) in [4.78, 5) is 13.0. The molecule has 0 bridgehead atoms. The van der Waals surface area contributed by atoms with E-state index in [-0.39, 0.29) is 11.7 Å². The highest BCUT2D eigenvalue weighted by Gasteiger charge is 2.53. The number of rotatable bonds is 5. The molecule has 1 nitrogen and oxygen atoms in total. The Balaban J connectivity index is 1.88. The van der Waals surface area contributed by atoms with Crippen molar-refractivity contribution in [3.8, 4) is 0 Å². The molecule has 0 aromatic heterocycles. The van der Waals surface area contributed by atoms with Crippen LogP contribution in [0.15, 0.2) is 70.8 Å². The van der Waals surface area contributed by atoms with Crippen LogP contribution >= 0.6 is 15.9 Å². The summed E-state index contributed by atoms with van der Waals surface area (Å²) in [6, 6.07) is 18.1. The Labute approximate surface area is 153 Å². The number of halogens is 1. The molecule has 1 aliphatic rings. The lowest BCUT2D eigenvalue weighted by atomic mass is 10.0. The van der Waals surface area contributed by atoms with Crippen LogP contribution in [0.4, 0.5) is 0 Å². The van der Waals surface area contributed by atoms with E-state index in [1.165, 1.54) is 5.56 Å². The van der Waals surface area contributed by atoms with Gasteiger partial charge in [0.2, 0.25) is 0 Å². The molecule has 0 saturated heterocycles. The standard InChI is InChI=1S/C21H23BrOSi/c1-24(2,3)14-13-18-19(15-9-11-17(22)12-10-15)20(18)21(23)16-7-5-4-6-8-16/h4-14,18-20H,1-3H3/b14-13+/t18-,19+,20+/m0/s1. The third-order valence-electron chi connectivity index (χ3n) is 4.51. The normalized spacial score (nSPS) is 23.4. The first-order valence-corrected chi connectivity index (χ1v) is 12.8. The summed E-state index contributed by atoms with van der Waals surface area (Å²) in [7, 11) is -1.26. The highest BCUT2D eigenvalue weighted by Crippen LogP contribution is 2.56. The van der Waals surface area contributed by atoms with Crippen LogP contribution < -0.4 is 0 Å². The van der Waals surface area contributed by atoms with Crippen LogP contribution in [-0.2, 0) is 0 Å². The van der Waals surface area contributed by atoms with E-state index in [2.05, 4.69) is 71.6 Å². The van der Waals surface area contributed by atoms with E-state index in [0.29, 0.717) is 11.8 Å². The molecule has 0 unspecified atom stereocenters. The van der Waals surface area contributed by atoms with Gasteiger partial charge in [0.05, 0.1) is 8.07 Å². The quantitative estimate of drug-likeness (QED) is 0.439. The van der Waals surface area contributed by atoms with E-state index in [1.807, 2.05) is 30.3 Å². The predicted molar refractivity (Wildman–Crippen MR) is 107 cm³/mol. The van der Waals surface area contributed by atoms with Gasteiger partial charge < -0.3 is 0 Å². The highest BCUT2D eigenvalue weighted by atomic mass is 79.9. The Morgan fingerprint density at radius 1 is 1.00 bits per heavy atom. The average molecular weight is 399 g/mol. The minimum Gasteiger partial charge on any atom is -0.294 e. The first kappa shape index (κ1) is 17.4. The molecule has 3 atom stereocenters. The molecule has 1 fully saturated rings. The second-order valence-corrected chi connectivity index (χ2v) is 13.6. The summed E-state index contributed by atoms with van der Waals surface area (Å²) < 4.78 is 1.08. The molecule has 1 aliphatic carbocycles. The van der Waals surface area contributed by atoms with E-state index in [4.69, 9.17) is 0 Å². The summed E-state index contributed by atoms with van der Waals surface area (Å²) in [6.45, 7) is 6.98. The first-order chi connectivity index (χ1) is 11.4. The van der Waals surface area contributed by atoms with Crippen LogP contribution in [0, 0.1) is 11.8 Å². The van der Waals surface area contributed by atoms with Gasteiger partial charge in [0.15, 0.2) is 5.78 Å². The molecule has 124 valence electrons. The van der Waals surface area contributed by atoms with Gasteiger partial charge in [0, 0.05) is 21.9 Å². The van der Waals surface area contributed by atoms with Crippen LogP contribution in [0.5, 0.6) is 0 Å². The molecule has 0 amide bonds. The van der Waals surface area contributed by atoms with Gasteiger partial charge in [-0.05, 0) is 23.6 Å². The van der Waals surface area contributed by atoms with Crippen molar-refractivity contribution >= 4 is 29.8 Å². The number of hydrogen-bond donors (Lipinski definition) is 0. The van der Waals surface area contributed by atoms with E-state index in [1.54, 1.807) is 0 Å². The molecule has 3 heteroatoms. The van der Waals surface area contributed by atoms with Crippen molar-refractivity contribution in [3.63, 3.8) is 0 Å². The van der Waals surface area contributed by atoms with E-state index < -0.39 is 8.07 Å². The lowest BCUT2D eigenvalue weighted by molar-refractivity contribution is 0.0961. The highest BCUT2D eigenvalue weighted by molar-refractivity contribution is 9.10. The van der Waals surface area contributed by atoms with Gasteiger partial charge in [-0.15, -0.1) is 0 Å². The van der Waals surface area contributed by atoms with E-state index >= 15 is 0 Å². The van der Waals surface area contributed by atoms with Gasteiger partial charge in [0.25, 0.3) is 0 Å². The molecule has 2 aromatic rings. The van der Waals surface area contributed by atoms with Crippen molar-refractivity contribution in [2.75, 3.05) is 0 Å². The lowest BCUT2D eigenvalue weighted by Gasteiger charge is -2.07. The topological polar surface area (TPSA) is 17.1 Å². The number of carbonyl (C=O) groups is 1. The Bertz CT molecular complexity index is 744. The molecule has 0 radical (unpaired) electrons. The van der Waals surface area contributed by atoms with Gasteiger partial charge in [-0.25, -0.2) is 0 Å². The monoisotopic (exact) mass is 398 g/mol. The summed E-state index contributed by atoms with van der Waals surface area (Å²) in [5, 5.41) is 0. The second-order valence-electron chi connectivity index (χ2n) is 7.64. The Kier molecular flexibility index (Phi) is 4.93. The van der Waals surface area contributed by atoms with Crippen molar-refractivity contribution in [2.24, 2.45) is 11.8 Å². The zero-order chi connectivity index (χ0) is 17.3. The number of benzene rings is 2. The predicted octanol–water partition coefficient (Wildman–Crippen LogP) is 6.10. The van der Waals surface area contributed by atoms with Crippen molar-refractivity contribution in [3.05, 3.63) is 82.0 Å². The SMILES string of the molecule is C[Si](C)(C)/C=C/[C@@H]1[C@@H](C(=O)c2ccccc2)[C@@H]1c1ccc(Br)cc1. The maximum atomic E-state index is 13.0. The summed E-state index contributed by atoms with van der Waals surface area (Å²) in [5.74, 6) is 0.971. The van der Waals surface area contributed by atoms with Crippen molar-refractivity contribution < 1.29 is 4.79 Å². The third kappa shape index (κ3) is 3.96. The fourth-order valence-corrected chi connectivity index (χ4v) is 4.28. The first-order valence-electron chi connectivity index (χ1n) is 8.41. The number of hydrogen-bond acceptors (Lipinski definition) is 1. The molecule has 3 rings (SSSR count). The summed E-state index contributed by atoms with van der Waals surface area (Å²) in [5.41, 5.74) is 4.47. The van der Waals surface area contributed by atoms with Gasteiger partial charge in [-0.1, -0.05) is 89.8 Å². The van der Waals surface area contributed by atoms with Crippen molar-refractivity contribution in [1.82, 2.24) is 0 Å². The molecule has 1 saturated carbocycles. The fraction of sp³-hybridized carbons (Fsp3) is 0.286. The smallest absolute Gasteiger partial charge is 0.167 e. The summed E-state index contributed by atoms with van der Waals surface area (Å²) >= 11 is 3.49. The minimum atomic E-state index is -1.26. The van der Waals surface area contributed by atoms with Crippen LogP contribution in [0.3, 0.4) is 0 Å². The number of carbonyl (C=O) groups excluding carboxylic acids is 1. The molecule has 2 aromatic carbocycles. The average Bonchev–Trinajstić information content (AvgIpc) is 3.27. The summed E-state index contributed by atoms with van der Waals surface area (Å²) in [6.07, 6.45) is 2.31. The van der Waals surface area contributed by atoms with Crippen molar-refractivity contribution in [2.45, 2.75) is 25.6 Å². The molecular formula is C21H23BrOSi. The van der Waals surface area contributed by atoms with E-state index in [9.17, 15) is 4.79 Å². The molecule has 0 N–H and O–H groups in total. The van der Waals surface area contributed by atoms with Crippen molar-refractivity contribution in [1.29, 1.82) is 0 Å². The number of allylic oxidation sites excluding steroid dienone is 1. The zero-order valence-corrected chi connectivity index (χ0v) is 17.0. The van der Waals surface area contributed by atoms with Gasteiger partial charge in [0.1, 0.15) is 0 Å². The number of ketones is 1. The maximum absolute atomic E-state index is 13.0. The van der Waals surface area contributed by atoms with E-state index in [0.717, 1.165) is 10.0 Å². The number of Topliss-reactive ketones (excluding diaryl/α,β-unsaturated/α-hetero) is 1. The van der Waals surface area contributed by atoms with Crippen LogP contribution in [0.25, 0.3) is 0 Å².